The van der Waals surface area contributed by atoms with Crippen LogP contribution in [0.4, 0.5) is 0 Å². The molecular weight excluding hydrogens is 362 g/mol. The summed E-state index contributed by atoms with van der Waals surface area (Å²) in [4.78, 5) is 24.1. The number of hydrogen-bond acceptors (Lipinski definition) is 5. The van der Waals surface area contributed by atoms with Gasteiger partial charge in [0, 0.05) is 11.8 Å². The van der Waals surface area contributed by atoms with Gasteiger partial charge in [0.05, 0.1) is 34.3 Å². The maximum Gasteiger partial charge on any atom is 0.337 e. The van der Waals surface area contributed by atoms with Crippen LogP contribution < -0.4 is 0 Å². The molecule has 27 heavy (non-hydrogen) atoms. The number of nitrogens with zero attached hydrogens (tertiary/aromatic N) is 2. The molecule has 4 rings (SSSR count). The third-order valence-electron chi connectivity index (χ3n) is 4.08. The molecule has 2 heterocycles. The first-order valence-electron chi connectivity index (χ1n) is 8.17. The molecule has 0 aliphatic rings. The Morgan fingerprint density at radius 2 is 1.89 bits per heavy atom. The Balaban J connectivity index is 1.77. The van der Waals surface area contributed by atoms with Crippen molar-refractivity contribution in [3.05, 3.63) is 72.4 Å². The van der Waals surface area contributed by atoms with Crippen molar-refractivity contribution in [3.8, 4) is 11.3 Å². The number of carbonyl (C=O) groups excluding carboxylic acids is 1. The molecule has 0 radical (unpaired) electrons. The summed E-state index contributed by atoms with van der Waals surface area (Å²) in [6.45, 7) is 0. The molecule has 6 nitrogen and oxygen atoms in total. The lowest BCUT2D eigenvalue weighted by molar-refractivity contribution is 0.0601. The molecule has 1 N–H and O–H groups in total. The highest BCUT2D eigenvalue weighted by Crippen LogP contribution is 2.27. The topological polar surface area (TPSA) is 84.9 Å². The van der Waals surface area contributed by atoms with Crippen molar-refractivity contribution in [2.45, 2.75) is 10.1 Å². The number of methoxy groups -OCH3 is 1. The van der Waals surface area contributed by atoms with Gasteiger partial charge in [-0.1, -0.05) is 24.3 Å². The van der Waals surface area contributed by atoms with Crippen LogP contribution in [0.5, 0.6) is 0 Å². The van der Waals surface area contributed by atoms with E-state index >= 15 is 0 Å². The van der Waals surface area contributed by atoms with Crippen molar-refractivity contribution >= 4 is 27.8 Å². The van der Waals surface area contributed by atoms with Gasteiger partial charge in [-0.15, -0.1) is 0 Å². The first-order chi connectivity index (χ1) is 13.2. The predicted octanol–water partition coefficient (Wildman–Crippen LogP) is 3.58. The number of imidazole rings is 1. The Labute approximate surface area is 157 Å². The molecule has 1 atom stereocenters. The van der Waals surface area contributed by atoms with E-state index in [0.29, 0.717) is 26.6 Å². The predicted molar refractivity (Wildman–Crippen MR) is 102 cm³/mol. The number of nitrogens with one attached hydrogen (secondary N) is 1. The van der Waals surface area contributed by atoms with E-state index in [-0.39, 0.29) is 0 Å². The fourth-order valence-corrected chi connectivity index (χ4v) is 3.95. The highest BCUT2D eigenvalue weighted by Gasteiger charge is 2.18. The zero-order chi connectivity index (χ0) is 18.8. The van der Waals surface area contributed by atoms with Gasteiger partial charge in [-0.25, -0.2) is 14.0 Å². The molecule has 134 valence electrons. The summed E-state index contributed by atoms with van der Waals surface area (Å²) in [5.74, 6) is -0.435. The second-order valence-electron chi connectivity index (χ2n) is 5.75. The first kappa shape index (κ1) is 17.1. The summed E-state index contributed by atoms with van der Waals surface area (Å²) in [7, 11) is -0.206. The Hall–Kier alpha value is -3.32. The zero-order valence-electron chi connectivity index (χ0n) is 14.4. The van der Waals surface area contributed by atoms with Crippen LogP contribution in [0, 0.1) is 0 Å². The molecule has 0 fully saturated rings. The number of H-pyrrole nitrogens is 1. The fourth-order valence-electron chi connectivity index (χ4n) is 2.78. The van der Waals surface area contributed by atoms with Crippen LogP contribution in [0.3, 0.4) is 0 Å². The van der Waals surface area contributed by atoms with Gasteiger partial charge in [0.15, 0.2) is 0 Å². The number of aromatic nitrogens is 3. The Morgan fingerprint density at radius 3 is 2.67 bits per heavy atom. The van der Waals surface area contributed by atoms with E-state index in [1.54, 1.807) is 30.5 Å². The lowest BCUT2D eigenvalue weighted by Crippen LogP contribution is -2.00. The van der Waals surface area contributed by atoms with E-state index in [2.05, 4.69) is 15.0 Å². The van der Waals surface area contributed by atoms with Crippen molar-refractivity contribution in [1.82, 2.24) is 15.0 Å². The second-order valence-corrected chi connectivity index (χ2v) is 7.11. The summed E-state index contributed by atoms with van der Waals surface area (Å²) in [6, 6.07) is 18.0. The van der Waals surface area contributed by atoms with Crippen molar-refractivity contribution in [2.24, 2.45) is 0 Å². The van der Waals surface area contributed by atoms with Crippen LogP contribution in [-0.2, 0) is 15.5 Å². The highest BCUT2D eigenvalue weighted by molar-refractivity contribution is 7.85. The number of benzene rings is 2. The Bertz CT molecular complexity index is 1160. The lowest BCUT2D eigenvalue weighted by Gasteiger charge is -2.07. The van der Waals surface area contributed by atoms with E-state index in [1.807, 2.05) is 36.4 Å². The maximum atomic E-state index is 13.2. The van der Waals surface area contributed by atoms with E-state index in [0.717, 1.165) is 11.3 Å². The monoisotopic (exact) mass is 377 g/mol. The van der Waals surface area contributed by atoms with Gasteiger partial charge in [-0.05, 0) is 36.4 Å². The number of pyridine rings is 1. The zero-order valence-corrected chi connectivity index (χ0v) is 15.2. The molecule has 0 spiro atoms. The van der Waals surface area contributed by atoms with Crippen LogP contribution in [0.15, 0.2) is 76.9 Å². The number of hydrogen-bond donors (Lipinski definition) is 1. The van der Waals surface area contributed by atoms with Crippen LogP contribution >= 0.6 is 0 Å². The molecule has 0 saturated heterocycles. The molecule has 7 heteroatoms. The molecule has 2 aromatic heterocycles. The Morgan fingerprint density at radius 1 is 1.07 bits per heavy atom. The SMILES string of the molecule is COC(=O)c1ccc2nc(S(=O)c3ccccc3-c3ccccn3)[nH]c2c1. The number of carbonyl (C=O) groups is 1. The summed E-state index contributed by atoms with van der Waals surface area (Å²) in [6.07, 6.45) is 1.70. The summed E-state index contributed by atoms with van der Waals surface area (Å²) >= 11 is 0. The summed E-state index contributed by atoms with van der Waals surface area (Å²) in [5.41, 5.74) is 3.18. The average Bonchev–Trinajstić information content (AvgIpc) is 3.16. The molecule has 1 unspecified atom stereocenters. The first-order valence-corrected chi connectivity index (χ1v) is 9.32. The van der Waals surface area contributed by atoms with Gasteiger partial charge in [-0.3, -0.25) is 4.98 Å². The van der Waals surface area contributed by atoms with Crippen molar-refractivity contribution in [3.63, 3.8) is 0 Å². The van der Waals surface area contributed by atoms with Crippen molar-refractivity contribution in [2.75, 3.05) is 7.11 Å². The third kappa shape index (κ3) is 3.24. The molecule has 0 amide bonds. The fraction of sp³-hybridized carbons (Fsp3) is 0.0500. The van der Waals surface area contributed by atoms with Gasteiger partial charge in [-0.2, -0.15) is 0 Å². The van der Waals surface area contributed by atoms with Gasteiger partial charge in [0.25, 0.3) is 0 Å². The van der Waals surface area contributed by atoms with Crippen LogP contribution in [0.25, 0.3) is 22.3 Å². The maximum absolute atomic E-state index is 13.2. The van der Waals surface area contributed by atoms with Gasteiger partial charge in [0.1, 0.15) is 10.8 Å². The molecular formula is C20H15N3O3S. The minimum Gasteiger partial charge on any atom is -0.465 e. The minimum atomic E-state index is -1.53. The smallest absolute Gasteiger partial charge is 0.337 e. The number of rotatable bonds is 4. The van der Waals surface area contributed by atoms with Crippen LogP contribution in [0.2, 0.25) is 0 Å². The normalized spacial score (nSPS) is 12.0. The molecule has 0 aliphatic carbocycles. The molecule has 0 aliphatic heterocycles. The standard InChI is InChI=1S/C20H15N3O3S/c1-26-19(24)13-9-10-16-17(12-13)23-20(22-16)27(25)18-8-3-2-6-14(18)15-7-4-5-11-21-15/h2-12H,1H3,(H,22,23). The van der Waals surface area contributed by atoms with Gasteiger partial charge in [0.2, 0.25) is 5.16 Å². The van der Waals surface area contributed by atoms with Crippen molar-refractivity contribution in [1.29, 1.82) is 0 Å². The van der Waals surface area contributed by atoms with Crippen LogP contribution in [-0.4, -0.2) is 32.2 Å². The molecule has 2 aromatic carbocycles. The number of ether oxygens (including phenoxy) is 1. The van der Waals surface area contributed by atoms with Crippen molar-refractivity contribution < 1.29 is 13.7 Å². The highest BCUT2D eigenvalue weighted by atomic mass is 32.2. The summed E-state index contributed by atoms with van der Waals surface area (Å²) in [5, 5.41) is 0.315. The molecule has 4 aromatic rings. The molecule has 0 saturated carbocycles. The third-order valence-corrected chi connectivity index (χ3v) is 5.38. The average molecular weight is 377 g/mol. The molecule has 0 bridgehead atoms. The van der Waals surface area contributed by atoms with E-state index < -0.39 is 16.8 Å². The second kappa shape index (κ2) is 7.13. The minimum absolute atomic E-state index is 0.315. The van der Waals surface area contributed by atoms with E-state index in [1.165, 1.54) is 7.11 Å². The van der Waals surface area contributed by atoms with E-state index in [4.69, 9.17) is 4.74 Å². The number of fused-ring (bicyclic) bond motifs is 1. The lowest BCUT2D eigenvalue weighted by atomic mass is 10.1. The number of esters is 1. The number of aromatic amines is 1. The van der Waals surface area contributed by atoms with Crippen LogP contribution in [0.1, 0.15) is 10.4 Å². The Kier molecular flexibility index (Phi) is 4.52. The van der Waals surface area contributed by atoms with Gasteiger partial charge < -0.3 is 9.72 Å². The van der Waals surface area contributed by atoms with Gasteiger partial charge >= 0.3 is 5.97 Å². The van der Waals surface area contributed by atoms with E-state index in [9.17, 15) is 9.00 Å². The largest absolute Gasteiger partial charge is 0.465 e. The summed E-state index contributed by atoms with van der Waals surface area (Å²) < 4.78 is 17.9. The quantitative estimate of drug-likeness (QED) is 0.550.